The topological polar surface area (TPSA) is 86.9 Å². The Morgan fingerprint density at radius 2 is 2.04 bits per heavy atom. The molecule has 0 bridgehead atoms. The molecule has 1 N–H and O–H groups in total. The number of aromatic nitrogens is 5. The molecule has 0 aliphatic heterocycles. The normalized spacial score (nSPS) is 10.6. The van der Waals surface area contributed by atoms with Gasteiger partial charge < -0.3 is 10.1 Å². The zero-order chi connectivity index (χ0) is 16.9. The van der Waals surface area contributed by atoms with Crippen molar-refractivity contribution in [1.82, 2.24) is 24.8 Å². The number of nitrogens with zero attached hydrogens (tertiary/aromatic N) is 5. The summed E-state index contributed by atoms with van der Waals surface area (Å²) in [5.41, 5.74) is 1.16. The molecule has 0 spiro atoms. The molecular formula is C16H18N6O2. The lowest BCUT2D eigenvalue weighted by Gasteiger charge is -2.06. The molecule has 0 radical (unpaired) electrons. The standard InChI is InChI=1S/C16H18N6O2/c1-3-21-10-9-13(19-21)17-15(23)14-16(24-2)22(20-18-14)11-12-7-5-4-6-8-12/h4-10H,3,11H2,1-2H3,(H,17,19,23). The fraction of sp³-hybridized carbons (Fsp3) is 0.250. The van der Waals surface area contributed by atoms with Crippen molar-refractivity contribution in [2.45, 2.75) is 20.0 Å². The van der Waals surface area contributed by atoms with Gasteiger partial charge in [0, 0.05) is 18.8 Å². The molecule has 0 aliphatic carbocycles. The summed E-state index contributed by atoms with van der Waals surface area (Å²) in [4.78, 5) is 12.4. The number of hydrogen-bond acceptors (Lipinski definition) is 5. The molecule has 8 heteroatoms. The molecule has 1 aromatic carbocycles. The lowest BCUT2D eigenvalue weighted by Crippen LogP contribution is -2.15. The van der Waals surface area contributed by atoms with Crippen LogP contribution in [0.2, 0.25) is 0 Å². The van der Waals surface area contributed by atoms with Crippen molar-refractivity contribution >= 4 is 11.7 Å². The maximum Gasteiger partial charge on any atom is 0.283 e. The number of amides is 1. The third-order valence-corrected chi connectivity index (χ3v) is 3.48. The first-order valence-corrected chi connectivity index (χ1v) is 7.57. The molecule has 0 aliphatic rings. The second-order valence-corrected chi connectivity index (χ2v) is 5.10. The SMILES string of the molecule is CCn1ccc(NC(=O)c2nnn(Cc3ccccc3)c2OC)n1. The lowest BCUT2D eigenvalue weighted by molar-refractivity contribution is 0.101. The van der Waals surface area contributed by atoms with Gasteiger partial charge >= 0.3 is 0 Å². The second kappa shape index (κ2) is 6.95. The van der Waals surface area contributed by atoms with E-state index in [9.17, 15) is 4.79 Å². The largest absolute Gasteiger partial charge is 0.479 e. The summed E-state index contributed by atoms with van der Waals surface area (Å²) in [5, 5.41) is 14.9. The van der Waals surface area contributed by atoms with Gasteiger partial charge in [-0.3, -0.25) is 9.48 Å². The molecule has 0 saturated heterocycles. The van der Waals surface area contributed by atoms with Crippen LogP contribution in [0.25, 0.3) is 0 Å². The quantitative estimate of drug-likeness (QED) is 0.746. The van der Waals surface area contributed by atoms with Crippen molar-refractivity contribution in [3.05, 3.63) is 53.9 Å². The van der Waals surface area contributed by atoms with E-state index < -0.39 is 5.91 Å². The van der Waals surface area contributed by atoms with Crippen LogP contribution >= 0.6 is 0 Å². The minimum Gasteiger partial charge on any atom is -0.479 e. The molecule has 2 aromatic heterocycles. The summed E-state index contributed by atoms with van der Waals surface area (Å²) in [6, 6.07) is 11.5. The molecule has 24 heavy (non-hydrogen) atoms. The molecule has 124 valence electrons. The zero-order valence-electron chi connectivity index (χ0n) is 13.5. The third-order valence-electron chi connectivity index (χ3n) is 3.48. The average Bonchev–Trinajstić information content (AvgIpc) is 3.22. The molecule has 0 saturated carbocycles. The van der Waals surface area contributed by atoms with Gasteiger partial charge in [-0.05, 0) is 12.5 Å². The van der Waals surface area contributed by atoms with Crippen molar-refractivity contribution in [3.63, 3.8) is 0 Å². The van der Waals surface area contributed by atoms with E-state index in [2.05, 4.69) is 20.7 Å². The van der Waals surface area contributed by atoms with E-state index in [0.717, 1.165) is 12.1 Å². The minimum atomic E-state index is -0.410. The highest BCUT2D eigenvalue weighted by Gasteiger charge is 2.21. The first-order chi connectivity index (χ1) is 11.7. The Bertz CT molecular complexity index is 824. The minimum absolute atomic E-state index is 0.125. The summed E-state index contributed by atoms with van der Waals surface area (Å²) in [6.07, 6.45) is 1.79. The van der Waals surface area contributed by atoms with Crippen LogP contribution in [-0.4, -0.2) is 37.8 Å². The van der Waals surface area contributed by atoms with Crippen LogP contribution in [0.3, 0.4) is 0 Å². The van der Waals surface area contributed by atoms with Gasteiger partial charge in [-0.25, -0.2) is 4.68 Å². The van der Waals surface area contributed by atoms with Gasteiger partial charge in [0.25, 0.3) is 5.91 Å². The van der Waals surface area contributed by atoms with E-state index in [1.807, 2.05) is 37.3 Å². The Kier molecular flexibility index (Phi) is 4.55. The highest BCUT2D eigenvalue weighted by molar-refractivity contribution is 6.03. The van der Waals surface area contributed by atoms with E-state index in [-0.39, 0.29) is 5.69 Å². The second-order valence-electron chi connectivity index (χ2n) is 5.10. The van der Waals surface area contributed by atoms with Crippen LogP contribution < -0.4 is 10.1 Å². The Labute approximate surface area is 139 Å². The van der Waals surface area contributed by atoms with Gasteiger partial charge in [0.1, 0.15) is 0 Å². The molecular weight excluding hydrogens is 308 g/mol. The first kappa shape index (κ1) is 15.7. The lowest BCUT2D eigenvalue weighted by atomic mass is 10.2. The fourth-order valence-corrected chi connectivity index (χ4v) is 2.29. The van der Waals surface area contributed by atoms with Crippen molar-refractivity contribution in [2.75, 3.05) is 12.4 Å². The van der Waals surface area contributed by atoms with Crippen LogP contribution in [0.5, 0.6) is 5.88 Å². The maximum absolute atomic E-state index is 12.4. The number of carbonyl (C=O) groups excluding carboxylic acids is 1. The summed E-state index contributed by atoms with van der Waals surface area (Å²) in [7, 11) is 1.49. The van der Waals surface area contributed by atoms with Crippen molar-refractivity contribution in [2.24, 2.45) is 0 Å². The molecule has 3 aromatic rings. The number of ether oxygens (including phenoxy) is 1. The summed E-state index contributed by atoms with van der Waals surface area (Å²) < 4.78 is 8.60. The number of nitrogens with one attached hydrogen (secondary N) is 1. The summed E-state index contributed by atoms with van der Waals surface area (Å²) in [6.45, 7) is 3.16. The Balaban J connectivity index is 1.79. The van der Waals surface area contributed by atoms with Crippen LogP contribution in [0.1, 0.15) is 23.0 Å². The Hall–Kier alpha value is -3.16. The predicted octanol–water partition coefficient (Wildman–Crippen LogP) is 1.80. The van der Waals surface area contributed by atoms with E-state index >= 15 is 0 Å². The van der Waals surface area contributed by atoms with Crippen LogP contribution in [0.4, 0.5) is 5.82 Å². The average molecular weight is 326 g/mol. The molecule has 2 heterocycles. The first-order valence-electron chi connectivity index (χ1n) is 7.57. The Morgan fingerprint density at radius 1 is 1.25 bits per heavy atom. The highest BCUT2D eigenvalue weighted by atomic mass is 16.5. The number of benzene rings is 1. The molecule has 0 unspecified atom stereocenters. The van der Waals surface area contributed by atoms with Gasteiger partial charge in [-0.1, -0.05) is 35.5 Å². The smallest absolute Gasteiger partial charge is 0.283 e. The van der Waals surface area contributed by atoms with Crippen LogP contribution in [0.15, 0.2) is 42.6 Å². The maximum atomic E-state index is 12.4. The number of rotatable bonds is 6. The van der Waals surface area contributed by atoms with Crippen molar-refractivity contribution < 1.29 is 9.53 Å². The monoisotopic (exact) mass is 326 g/mol. The number of methoxy groups -OCH3 is 1. The fourth-order valence-electron chi connectivity index (χ4n) is 2.29. The Morgan fingerprint density at radius 3 is 2.71 bits per heavy atom. The molecule has 8 nitrogen and oxygen atoms in total. The molecule has 0 atom stereocenters. The van der Waals surface area contributed by atoms with Gasteiger partial charge in [0.15, 0.2) is 5.82 Å². The van der Waals surface area contributed by atoms with E-state index in [1.165, 1.54) is 7.11 Å². The number of anilines is 1. The summed E-state index contributed by atoms with van der Waals surface area (Å²) in [5.74, 6) is 0.361. The van der Waals surface area contributed by atoms with Crippen LogP contribution in [0, 0.1) is 0 Å². The van der Waals surface area contributed by atoms with E-state index in [1.54, 1.807) is 21.6 Å². The van der Waals surface area contributed by atoms with Gasteiger partial charge in [-0.2, -0.15) is 5.10 Å². The summed E-state index contributed by atoms with van der Waals surface area (Å²) >= 11 is 0. The van der Waals surface area contributed by atoms with E-state index in [4.69, 9.17) is 4.74 Å². The number of aryl methyl sites for hydroxylation is 1. The van der Waals surface area contributed by atoms with Gasteiger partial charge in [0.05, 0.1) is 13.7 Å². The van der Waals surface area contributed by atoms with Crippen molar-refractivity contribution in [3.8, 4) is 5.88 Å². The van der Waals surface area contributed by atoms with Crippen molar-refractivity contribution in [1.29, 1.82) is 0 Å². The van der Waals surface area contributed by atoms with E-state index in [0.29, 0.717) is 18.2 Å². The van der Waals surface area contributed by atoms with Gasteiger partial charge in [0.2, 0.25) is 11.6 Å². The molecule has 0 fully saturated rings. The van der Waals surface area contributed by atoms with Gasteiger partial charge in [-0.15, -0.1) is 5.10 Å². The van der Waals surface area contributed by atoms with Crippen LogP contribution in [-0.2, 0) is 13.1 Å². The number of hydrogen-bond donors (Lipinski definition) is 1. The highest BCUT2D eigenvalue weighted by Crippen LogP contribution is 2.18. The predicted molar refractivity (Wildman–Crippen MR) is 88.0 cm³/mol. The third kappa shape index (κ3) is 3.27. The molecule has 1 amide bonds. The molecule has 3 rings (SSSR count). The number of carbonyl (C=O) groups is 1. The zero-order valence-corrected chi connectivity index (χ0v) is 13.5.